The Morgan fingerprint density at radius 1 is 1.40 bits per heavy atom. The minimum Gasteiger partial charge on any atom is -0.299 e. The van der Waals surface area contributed by atoms with Crippen LogP contribution < -0.4 is 0 Å². The second-order valence-electron chi connectivity index (χ2n) is 3.06. The van der Waals surface area contributed by atoms with Crippen molar-refractivity contribution in [1.29, 1.82) is 0 Å². The Morgan fingerprint density at radius 3 is 2.80 bits per heavy atom. The molecular weight excluding hydrogens is 206 g/mol. The first-order valence-electron chi connectivity index (χ1n) is 4.61. The van der Waals surface area contributed by atoms with E-state index in [1.807, 2.05) is 37.5 Å². The molecule has 0 N–H and O–H groups in total. The molecule has 0 aliphatic heterocycles. The average Bonchev–Trinajstić information content (AvgIpc) is 2.59. The molecule has 1 heterocycles. The van der Waals surface area contributed by atoms with Gasteiger partial charge in [0, 0.05) is 5.38 Å². The standard InChI is InChI=1S/C12H13NOS/c1-10(6-4-3-5-7-14)8-12-9-15-11(2)13-12/h3-9H,1-2H3/b5-3+,6-4+,10-8+. The molecule has 0 amide bonds. The molecule has 0 saturated carbocycles. The van der Waals surface area contributed by atoms with Crippen LogP contribution in [0.15, 0.2) is 35.3 Å². The minimum absolute atomic E-state index is 0.757. The predicted molar refractivity (Wildman–Crippen MR) is 64.8 cm³/mol. The van der Waals surface area contributed by atoms with Gasteiger partial charge in [0.1, 0.15) is 6.29 Å². The quantitative estimate of drug-likeness (QED) is 0.442. The molecule has 0 saturated heterocycles. The molecule has 1 rings (SSSR count). The van der Waals surface area contributed by atoms with E-state index in [1.165, 1.54) is 6.08 Å². The van der Waals surface area contributed by atoms with Crippen LogP contribution in [-0.4, -0.2) is 11.3 Å². The van der Waals surface area contributed by atoms with Crippen LogP contribution in [0.4, 0.5) is 0 Å². The van der Waals surface area contributed by atoms with Crippen molar-refractivity contribution in [2.24, 2.45) is 0 Å². The van der Waals surface area contributed by atoms with Crippen LogP contribution in [0.3, 0.4) is 0 Å². The van der Waals surface area contributed by atoms with Crippen molar-refractivity contribution in [3.05, 3.63) is 46.0 Å². The number of hydrogen-bond donors (Lipinski definition) is 0. The molecule has 1 aromatic rings. The summed E-state index contributed by atoms with van der Waals surface area (Å²) in [6.45, 7) is 3.99. The van der Waals surface area contributed by atoms with Crippen molar-refractivity contribution < 1.29 is 4.79 Å². The van der Waals surface area contributed by atoms with E-state index in [9.17, 15) is 4.79 Å². The second-order valence-corrected chi connectivity index (χ2v) is 4.12. The number of hydrogen-bond acceptors (Lipinski definition) is 3. The number of carbonyl (C=O) groups excluding carboxylic acids is 1. The van der Waals surface area contributed by atoms with Crippen molar-refractivity contribution in [1.82, 2.24) is 4.98 Å². The number of carbonyl (C=O) groups is 1. The first kappa shape index (κ1) is 11.6. The third-order valence-corrected chi connectivity index (χ3v) is 2.46. The number of aryl methyl sites for hydroxylation is 1. The second kappa shape index (κ2) is 6.09. The van der Waals surface area contributed by atoms with Crippen LogP contribution in [0, 0.1) is 6.92 Å². The number of thiazole rings is 1. The Hall–Kier alpha value is -1.48. The van der Waals surface area contributed by atoms with Crippen LogP contribution in [0.2, 0.25) is 0 Å². The molecule has 0 fully saturated rings. The summed E-state index contributed by atoms with van der Waals surface area (Å²) in [7, 11) is 0. The fraction of sp³-hybridized carbons (Fsp3) is 0.167. The highest BCUT2D eigenvalue weighted by atomic mass is 32.1. The molecule has 0 aliphatic carbocycles. The van der Waals surface area contributed by atoms with E-state index in [0.29, 0.717) is 0 Å². The van der Waals surface area contributed by atoms with E-state index in [2.05, 4.69) is 4.98 Å². The lowest BCUT2D eigenvalue weighted by Gasteiger charge is -1.88. The van der Waals surface area contributed by atoms with Crippen LogP contribution in [-0.2, 0) is 4.79 Å². The largest absolute Gasteiger partial charge is 0.299 e. The van der Waals surface area contributed by atoms with Crippen molar-refractivity contribution in [3.8, 4) is 0 Å². The Labute approximate surface area is 93.7 Å². The Bertz CT molecular complexity index is 413. The van der Waals surface area contributed by atoms with E-state index in [0.717, 1.165) is 22.6 Å². The summed E-state index contributed by atoms with van der Waals surface area (Å²) in [4.78, 5) is 14.3. The van der Waals surface area contributed by atoms with Crippen molar-refractivity contribution in [2.45, 2.75) is 13.8 Å². The molecule has 0 spiro atoms. The molecule has 1 aromatic heterocycles. The van der Waals surface area contributed by atoms with Gasteiger partial charge < -0.3 is 0 Å². The maximum Gasteiger partial charge on any atom is 0.142 e. The smallest absolute Gasteiger partial charge is 0.142 e. The fourth-order valence-electron chi connectivity index (χ4n) is 1.04. The third kappa shape index (κ3) is 4.51. The third-order valence-electron chi connectivity index (χ3n) is 1.67. The lowest BCUT2D eigenvalue weighted by molar-refractivity contribution is -0.104. The van der Waals surface area contributed by atoms with Gasteiger partial charge in [-0.15, -0.1) is 11.3 Å². The summed E-state index contributed by atoms with van der Waals surface area (Å²) in [5.74, 6) is 0. The normalized spacial score (nSPS) is 12.8. The number of allylic oxidation sites excluding steroid dienone is 5. The van der Waals surface area contributed by atoms with E-state index in [4.69, 9.17) is 0 Å². The van der Waals surface area contributed by atoms with Crippen LogP contribution in [0.1, 0.15) is 17.6 Å². The van der Waals surface area contributed by atoms with E-state index in [-0.39, 0.29) is 0 Å². The Kier molecular flexibility index (Phi) is 4.71. The van der Waals surface area contributed by atoms with Gasteiger partial charge in [-0.2, -0.15) is 0 Å². The van der Waals surface area contributed by atoms with Crippen molar-refractivity contribution >= 4 is 23.7 Å². The molecule has 2 nitrogen and oxygen atoms in total. The van der Waals surface area contributed by atoms with Gasteiger partial charge >= 0.3 is 0 Å². The maximum absolute atomic E-state index is 10.00. The number of aldehydes is 1. The first-order chi connectivity index (χ1) is 7.22. The summed E-state index contributed by atoms with van der Waals surface area (Å²) >= 11 is 1.64. The van der Waals surface area contributed by atoms with Gasteiger partial charge in [0.05, 0.1) is 10.7 Å². The van der Waals surface area contributed by atoms with Gasteiger partial charge in [-0.25, -0.2) is 4.98 Å². The molecular formula is C12H13NOS. The highest BCUT2D eigenvalue weighted by molar-refractivity contribution is 7.09. The molecule has 78 valence electrons. The first-order valence-corrected chi connectivity index (χ1v) is 5.49. The van der Waals surface area contributed by atoms with Gasteiger partial charge in [-0.3, -0.25) is 4.79 Å². The van der Waals surface area contributed by atoms with Crippen molar-refractivity contribution in [2.75, 3.05) is 0 Å². The van der Waals surface area contributed by atoms with Crippen LogP contribution >= 0.6 is 11.3 Å². The summed E-state index contributed by atoms with van der Waals surface area (Å²) in [6.07, 6.45) is 9.70. The van der Waals surface area contributed by atoms with E-state index in [1.54, 1.807) is 17.4 Å². The fourth-order valence-corrected chi connectivity index (χ4v) is 1.61. The van der Waals surface area contributed by atoms with Gasteiger partial charge in [0.15, 0.2) is 0 Å². The summed E-state index contributed by atoms with van der Waals surface area (Å²) in [5, 5.41) is 3.09. The topological polar surface area (TPSA) is 30.0 Å². The Morgan fingerprint density at radius 2 is 2.20 bits per heavy atom. The van der Waals surface area contributed by atoms with Gasteiger partial charge in [0.2, 0.25) is 0 Å². The van der Waals surface area contributed by atoms with E-state index >= 15 is 0 Å². The summed E-state index contributed by atoms with van der Waals surface area (Å²) in [6, 6.07) is 0. The highest BCUT2D eigenvalue weighted by Crippen LogP contribution is 2.11. The number of aromatic nitrogens is 1. The van der Waals surface area contributed by atoms with Gasteiger partial charge in [0.25, 0.3) is 0 Å². The zero-order valence-electron chi connectivity index (χ0n) is 8.81. The van der Waals surface area contributed by atoms with Crippen LogP contribution in [0.25, 0.3) is 6.08 Å². The van der Waals surface area contributed by atoms with Crippen LogP contribution in [0.5, 0.6) is 0 Å². The lowest BCUT2D eigenvalue weighted by Crippen LogP contribution is -1.74. The number of nitrogens with zero attached hydrogens (tertiary/aromatic N) is 1. The summed E-state index contributed by atoms with van der Waals surface area (Å²) in [5.41, 5.74) is 2.09. The lowest BCUT2D eigenvalue weighted by atomic mass is 10.2. The summed E-state index contributed by atoms with van der Waals surface area (Å²) < 4.78 is 0. The van der Waals surface area contributed by atoms with Gasteiger partial charge in [-0.05, 0) is 31.6 Å². The minimum atomic E-state index is 0.757. The molecule has 3 heteroatoms. The highest BCUT2D eigenvalue weighted by Gasteiger charge is 1.93. The molecule has 0 unspecified atom stereocenters. The molecule has 0 aliphatic rings. The average molecular weight is 219 g/mol. The van der Waals surface area contributed by atoms with E-state index < -0.39 is 0 Å². The molecule has 15 heavy (non-hydrogen) atoms. The predicted octanol–water partition coefficient (Wildman–Crippen LogP) is 3.17. The van der Waals surface area contributed by atoms with Gasteiger partial charge in [-0.1, -0.05) is 18.2 Å². The molecule has 0 radical (unpaired) electrons. The molecule has 0 atom stereocenters. The molecule has 0 aromatic carbocycles. The van der Waals surface area contributed by atoms with Crippen molar-refractivity contribution in [3.63, 3.8) is 0 Å². The number of rotatable bonds is 4. The molecule has 0 bridgehead atoms. The zero-order chi connectivity index (χ0) is 11.1. The Balaban J connectivity index is 2.64. The zero-order valence-corrected chi connectivity index (χ0v) is 9.62. The monoisotopic (exact) mass is 219 g/mol. The maximum atomic E-state index is 10.00. The SMILES string of the molecule is CC(/C=C/C=C/C=O)=C\c1csc(C)n1.